The fourth-order valence-corrected chi connectivity index (χ4v) is 3.73. The van der Waals surface area contributed by atoms with Gasteiger partial charge >= 0.3 is 5.97 Å². The topological polar surface area (TPSA) is 84.5 Å². The lowest BCUT2D eigenvalue weighted by Crippen LogP contribution is -2.15. The average Bonchev–Trinajstić information content (AvgIpc) is 3.39. The highest BCUT2D eigenvalue weighted by Crippen LogP contribution is 2.37. The van der Waals surface area contributed by atoms with Gasteiger partial charge in [0.1, 0.15) is 5.00 Å². The first-order valence-corrected chi connectivity index (χ1v) is 9.13. The molecule has 3 rings (SSSR count). The van der Waals surface area contributed by atoms with Crippen LogP contribution in [0.1, 0.15) is 44.0 Å². The average molecular weight is 372 g/mol. The Balaban J connectivity index is 1.90. The molecule has 0 saturated heterocycles. The van der Waals surface area contributed by atoms with E-state index in [-0.39, 0.29) is 23.3 Å². The molecule has 2 aromatic rings. The van der Waals surface area contributed by atoms with E-state index in [4.69, 9.17) is 4.74 Å². The number of rotatable bonds is 5. The summed E-state index contributed by atoms with van der Waals surface area (Å²) in [5, 5.41) is 5.97. The van der Waals surface area contributed by atoms with Crippen molar-refractivity contribution >= 4 is 39.8 Å². The number of hydrogen-bond donors (Lipinski definition) is 2. The molecule has 1 aromatic carbocycles. The van der Waals surface area contributed by atoms with Gasteiger partial charge in [0, 0.05) is 11.6 Å². The number of carbonyl (C=O) groups excluding carboxylic acids is 3. The van der Waals surface area contributed by atoms with Crippen molar-refractivity contribution < 1.29 is 19.1 Å². The summed E-state index contributed by atoms with van der Waals surface area (Å²) in [6.07, 6.45) is 1.70. The number of hydrogen-bond acceptors (Lipinski definition) is 5. The summed E-state index contributed by atoms with van der Waals surface area (Å²) in [5.74, 6) is -1.02. The quantitative estimate of drug-likeness (QED) is 0.783. The summed E-state index contributed by atoms with van der Waals surface area (Å²) < 4.78 is 4.83. The van der Waals surface area contributed by atoms with Crippen LogP contribution in [0.25, 0.3) is 0 Å². The Morgan fingerprint density at radius 1 is 1.15 bits per heavy atom. The van der Waals surface area contributed by atoms with Crippen LogP contribution in [-0.4, -0.2) is 24.9 Å². The first-order chi connectivity index (χ1) is 12.4. The summed E-state index contributed by atoms with van der Waals surface area (Å²) in [7, 11) is 1.28. The van der Waals surface area contributed by atoms with Gasteiger partial charge in [0.2, 0.25) is 5.91 Å². The zero-order valence-electron chi connectivity index (χ0n) is 14.8. The van der Waals surface area contributed by atoms with Gasteiger partial charge in [-0.2, -0.15) is 0 Å². The van der Waals surface area contributed by atoms with Gasteiger partial charge in [0.05, 0.1) is 17.6 Å². The number of benzene rings is 1. The molecule has 1 saturated carbocycles. The van der Waals surface area contributed by atoms with Crippen molar-refractivity contribution in [3.8, 4) is 0 Å². The number of nitrogens with one attached hydrogen (secondary N) is 2. The molecular formula is C19H20N2O4S. The van der Waals surface area contributed by atoms with E-state index in [1.165, 1.54) is 7.11 Å². The van der Waals surface area contributed by atoms with Gasteiger partial charge in [-0.25, -0.2) is 4.79 Å². The summed E-state index contributed by atoms with van der Waals surface area (Å²) in [6.45, 7) is 3.62. The molecule has 1 aliphatic carbocycles. The number of carbonyl (C=O) groups is 3. The standard InChI is InChI=1S/C19H20N2O4S/c1-10-5-4-6-13(9-10)20-17(23)15-11(2)14(19(24)25-3)18(26-15)21-16(22)12-7-8-12/h4-6,9,12H,7-8H2,1-3H3,(H,20,23)(H,21,22). The molecule has 1 aliphatic rings. The summed E-state index contributed by atoms with van der Waals surface area (Å²) in [6, 6.07) is 7.45. The second kappa shape index (κ2) is 7.29. The van der Waals surface area contributed by atoms with Crippen LogP contribution in [-0.2, 0) is 9.53 Å². The second-order valence-electron chi connectivity index (χ2n) is 6.34. The number of methoxy groups -OCH3 is 1. The maximum absolute atomic E-state index is 12.7. The first-order valence-electron chi connectivity index (χ1n) is 8.31. The Hall–Kier alpha value is -2.67. The molecule has 0 aliphatic heterocycles. The lowest BCUT2D eigenvalue weighted by atomic mass is 10.1. The third-order valence-electron chi connectivity index (χ3n) is 4.20. The van der Waals surface area contributed by atoms with Crippen molar-refractivity contribution in [3.05, 3.63) is 45.8 Å². The van der Waals surface area contributed by atoms with Crippen LogP contribution in [0.2, 0.25) is 0 Å². The minimum atomic E-state index is -0.570. The van der Waals surface area contributed by atoms with Crippen LogP contribution in [0, 0.1) is 19.8 Å². The minimum Gasteiger partial charge on any atom is -0.465 e. The van der Waals surface area contributed by atoms with Crippen molar-refractivity contribution in [3.63, 3.8) is 0 Å². The van der Waals surface area contributed by atoms with Gasteiger partial charge in [-0.1, -0.05) is 12.1 Å². The molecule has 1 heterocycles. The van der Waals surface area contributed by atoms with Gasteiger partial charge in [-0.05, 0) is 49.9 Å². The first kappa shape index (κ1) is 18.1. The molecule has 1 fully saturated rings. The molecule has 2 N–H and O–H groups in total. The number of aryl methyl sites for hydroxylation is 1. The third-order valence-corrected chi connectivity index (χ3v) is 5.41. The highest BCUT2D eigenvalue weighted by atomic mass is 32.1. The molecule has 0 atom stereocenters. The number of amides is 2. The zero-order valence-corrected chi connectivity index (χ0v) is 15.7. The van der Waals surface area contributed by atoms with E-state index < -0.39 is 5.97 Å². The largest absolute Gasteiger partial charge is 0.465 e. The number of thiophene rings is 1. The maximum atomic E-state index is 12.7. The molecule has 136 valence electrons. The van der Waals surface area contributed by atoms with Crippen molar-refractivity contribution in [1.29, 1.82) is 0 Å². The van der Waals surface area contributed by atoms with E-state index in [9.17, 15) is 14.4 Å². The Labute approximate surface area is 155 Å². The molecule has 0 radical (unpaired) electrons. The van der Waals surface area contributed by atoms with E-state index in [0.717, 1.165) is 29.7 Å². The summed E-state index contributed by atoms with van der Waals surface area (Å²) in [4.78, 5) is 37.3. The van der Waals surface area contributed by atoms with Gasteiger partial charge in [-0.3, -0.25) is 9.59 Å². The smallest absolute Gasteiger partial charge is 0.341 e. The number of esters is 1. The van der Waals surface area contributed by atoms with Gasteiger partial charge in [0.15, 0.2) is 0 Å². The zero-order chi connectivity index (χ0) is 18.8. The predicted octanol–water partition coefficient (Wildman–Crippen LogP) is 3.75. The maximum Gasteiger partial charge on any atom is 0.341 e. The molecule has 2 amide bonds. The minimum absolute atomic E-state index is 0.00697. The van der Waals surface area contributed by atoms with E-state index in [2.05, 4.69) is 10.6 Å². The van der Waals surface area contributed by atoms with Crippen molar-refractivity contribution in [2.24, 2.45) is 5.92 Å². The van der Waals surface area contributed by atoms with Crippen LogP contribution >= 0.6 is 11.3 Å². The summed E-state index contributed by atoms with van der Waals surface area (Å²) >= 11 is 1.09. The third kappa shape index (κ3) is 3.77. The summed E-state index contributed by atoms with van der Waals surface area (Å²) in [5.41, 5.74) is 2.43. The van der Waals surface area contributed by atoms with Crippen molar-refractivity contribution in [2.45, 2.75) is 26.7 Å². The second-order valence-corrected chi connectivity index (χ2v) is 7.36. The van der Waals surface area contributed by atoms with E-state index >= 15 is 0 Å². The van der Waals surface area contributed by atoms with Crippen LogP contribution < -0.4 is 10.6 Å². The van der Waals surface area contributed by atoms with Gasteiger partial charge in [0.25, 0.3) is 5.91 Å². The van der Waals surface area contributed by atoms with Crippen LogP contribution in [0.5, 0.6) is 0 Å². The Bertz CT molecular complexity index is 884. The molecule has 0 bridgehead atoms. The van der Waals surface area contributed by atoms with Crippen molar-refractivity contribution in [1.82, 2.24) is 0 Å². The highest BCUT2D eigenvalue weighted by Gasteiger charge is 2.32. The SMILES string of the molecule is COC(=O)c1c(NC(=O)C2CC2)sc(C(=O)Nc2cccc(C)c2)c1C. The van der Waals surface area contributed by atoms with E-state index in [1.54, 1.807) is 13.0 Å². The monoisotopic (exact) mass is 372 g/mol. The Morgan fingerprint density at radius 2 is 1.88 bits per heavy atom. The fourth-order valence-electron chi connectivity index (χ4n) is 2.64. The van der Waals surface area contributed by atoms with Crippen LogP contribution in [0.15, 0.2) is 24.3 Å². The highest BCUT2D eigenvalue weighted by molar-refractivity contribution is 7.18. The molecule has 6 nitrogen and oxygen atoms in total. The molecule has 1 aromatic heterocycles. The predicted molar refractivity (Wildman–Crippen MR) is 101 cm³/mol. The Kier molecular flexibility index (Phi) is 5.08. The normalized spacial score (nSPS) is 13.2. The number of ether oxygens (including phenoxy) is 1. The Morgan fingerprint density at radius 3 is 2.50 bits per heavy atom. The number of anilines is 2. The van der Waals surface area contributed by atoms with Crippen molar-refractivity contribution in [2.75, 3.05) is 17.7 Å². The van der Waals surface area contributed by atoms with E-state index in [0.29, 0.717) is 21.1 Å². The molecule has 7 heteroatoms. The van der Waals surface area contributed by atoms with E-state index in [1.807, 2.05) is 25.1 Å². The molecule has 0 unspecified atom stereocenters. The molecule has 0 spiro atoms. The molecular weight excluding hydrogens is 352 g/mol. The lowest BCUT2D eigenvalue weighted by molar-refractivity contribution is -0.117. The van der Waals surface area contributed by atoms with Crippen LogP contribution in [0.4, 0.5) is 10.7 Å². The van der Waals surface area contributed by atoms with Gasteiger partial charge < -0.3 is 15.4 Å². The lowest BCUT2D eigenvalue weighted by Gasteiger charge is -2.05. The molecule has 26 heavy (non-hydrogen) atoms. The van der Waals surface area contributed by atoms with Crippen LogP contribution in [0.3, 0.4) is 0 Å². The van der Waals surface area contributed by atoms with Gasteiger partial charge in [-0.15, -0.1) is 11.3 Å². The fraction of sp³-hybridized carbons (Fsp3) is 0.316.